The molecule has 1 aromatic rings. The summed E-state index contributed by atoms with van der Waals surface area (Å²) in [5.74, 6) is 0.686. The van der Waals surface area contributed by atoms with E-state index in [0.29, 0.717) is 23.0 Å². The van der Waals surface area contributed by atoms with Crippen LogP contribution in [0.25, 0.3) is 0 Å². The Labute approximate surface area is 114 Å². The Morgan fingerprint density at radius 2 is 2.11 bits per heavy atom. The highest BCUT2D eigenvalue weighted by molar-refractivity contribution is 5.95. The molecule has 2 rings (SSSR count). The number of hydrogen-bond acceptors (Lipinski definition) is 3. The second-order valence-electron chi connectivity index (χ2n) is 5.19. The number of nitrogens with zero attached hydrogens (tertiary/aromatic N) is 1. The lowest BCUT2D eigenvalue weighted by Crippen LogP contribution is -2.38. The molecule has 1 atom stereocenters. The Bertz CT molecular complexity index is 459. The van der Waals surface area contributed by atoms with Gasteiger partial charge in [0.2, 0.25) is 0 Å². The monoisotopic (exact) mass is 262 g/mol. The molecule has 1 aliphatic rings. The zero-order valence-electron chi connectivity index (χ0n) is 11.7. The first-order valence-electron chi connectivity index (χ1n) is 6.87. The highest BCUT2D eigenvalue weighted by Crippen LogP contribution is 2.23. The van der Waals surface area contributed by atoms with E-state index in [1.165, 1.54) is 12.8 Å². The molecule has 0 spiro atoms. The number of rotatable bonds is 2. The van der Waals surface area contributed by atoms with Gasteiger partial charge in [-0.2, -0.15) is 0 Å². The number of carbonyl (C=O) groups is 1. The molecular formula is C15H22N2O2. The van der Waals surface area contributed by atoms with E-state index in [1.807, 2.05) is 4.90 Å². The van der Waals surface area contributed by atoms with Crippen molar-refractivity contribution in [1.82, 2.24) is 4.90 Å². The van der Waals surface area contributed by atoms with E-state index in [-0.39, 0.29) is 5.91 Å². The molecule has 0 aliphatic carbocycles. The highest BCUT2D eigenvalue weighted by Gasteiger charge is 2.23. The fourth-order valence-corrected chi connectivity index (χ4v) is 2.61. The number of amides is 1. The first-order valence-corrected chi connectivity index (χ1v) is 6.87. The topological polar surface area (TPSA) is 55.6 Å². The number of benzene rings is 1. The van der Waals surface area contributed by atoms with Crippen LogP contribution in [0.5, 0.6) is 5.75 Å². The van der Waals surface area contributed by atoms with Crippen molar-refractivity contribution in [3.8, 4) is 5.75 Å². The molecule has 1 saturated heterocycles. The Morgan fingerprint density at radius 3 is 2.84 bits per heavy atom. The highest BCUT2D eigenvalue weighted by atomic mass is 16.5. The van der Waals surface area contributed by atoms with E-state index in [1.54, 1.807) is 25.3 Å². The Balaban J connectivity index is 2.24. The van der Waals surface area contributed by atoms with Gasteiger partial charge in [0.1, 0.15) is 5.75 Å². The van der Waals surface area contributed by atoms with Gasteiger partial charge in [-0.05, 0) is 31.9 Å². The fraction of sp³-hybridized carbons (Fsp3) is 0.533. The van der Waals surface area contributed by atoms with Crippen molar-refractivity contribution in [3.05, 3.63) is 23.8 Å². The lowest BCUT2D eigenvalue weighted by molar-refractivity contribution is 0.0697. The first-order chi connectivity index (χ1) is 9.11. The van der Waals surface area contributed by atoms with Gasteiger partial charge in [0.25, 0.3) is 5.91 Å². The first kappa shape index (κ1) is 13.7. The van der Waals surface area contributed by atoms with Crippen LogP contribution >= 0.6 is 0 Å². The molecule has 2 N–H and O–H groups in total. The van der Waals surface area contributed by atoms with Crippen LogP contribution in [0.3, 0.4) is 0 Å². The Kier molecular flexibility index (Phi) is 4.30. The summed E-state index contributed by atoms with van der Waals surface area (Å²) in [5, 5.41) is 0. The number of anilines is 1. The summed E-state index contributed by atoms with van der Waals surface area (Å²) >= 11 is 0. The Morgan fingerprint density at radius 1 is 1.32 bits per heavy atom. The molecule has 4 nitrogen and oxygen atoms in total. The standard InChI is InChI=1S/C15H22N2O2/c1-11-6-4-3-5-7-17(11)15(18)12-8-13(16)10-14(9-12)19-2/h8-11H,3-7,16H2,1-2H3. The second-order valence-corrected chi connectivity index (χ2v) is 5.19. The van der Waals surface area contributed by atoms with E-state index in [2.05, 4.69) is 6.92 Å². The molecule has 4 heteroatoms. The molecule has 104 valence electrons. The number of carbonyl (C=O) groups excluding carboxylic acids is 1. The number of nitrogens with two attached hydrogens (primary N) is 1. The van der Waals surface area contributed by atoms with Crippen molar-refractivity contribution >= 4 is 11.6 Å². The Hall–Kier alpha value is -1.71. The predicted molar refractivity (Wildman–Crippen MR) is 76.4 cm³/mol. The van der Waals surface area contributed by atoms with E-state index >= 15 is 0 Å². The van der Waals surface area contributed by atoms with Crippen LogP contribution in [0, 0.1) is 0 Å². The van der Waals surface area contributed by atoms with Crippen LogP contribution in [-0.4, -0.2) is 30.5 Å². The number of hydrogen-bond donors (Lipinski definition) is 1. The molecule has 1 heterocycles. The summed E-state index contributed by atoms with van der Waals surface area (Å²) in [4.78, 5) is 14.6. The molecule has 1 aromatic carbocycles. The summed E-state index contributed by atoms with van der Waals surface area (Å²) in [6.07, 6.45) is 4.56. The summed E-state index contributed by atoms with van der Waals surface area (Å²) in [5.41, 5.74) is 6.99. The molecule has 1 unspecified atom stereocenters. The van der Waals surface area contributed by atoms with Gasteiger partial charge in [0, 0.05) is 29.9 Å². The number of nitrogen functional groups attached to an aromatic ring is 1. The average Bonchev–Trinajstić information content (AvgIpc) is 2.61. The zero-order valence-corrected chi connectivity index (χ0v) is 11.7. The summed E-state index contributed by atoms with van der Waals surface area (Å²) < 4.78 is 5.17. The minimum atomic E-state index is 0.0556. The third-order valence-electron chi connectivity index (χ3n) is 3.73. The lowest BCUT2D eigenvalue weighted by atomic mass is 10.1. The van der Waals surface area contributed by atoms with Crippen LogP contribution in [0.1, 0.15) is 43.0 Å². The van der Waals surface area contributed by atoms with E-state index in [9.17, 15) is 4.79 Å². The lowest BCUT2D eigenvalue weighted by Gasteiger charge is -2.27. The molecule has 0 aromatic heterocycles. The normalized spacial score (nSPS) is 19.9. The maximum Gasteiger partial charge on any atom is 0.254 e. The third-order valence-corrected chi connectivity index (χ3v) is 3.73. The average molecular weight is 262 g/mol. The summed E-state index contributed by atoms with van der Waals surface area (Å²) in [6, 6.07) is 5.50. The van der Waals surface area contributed by atoms with Gasteiger partial charge in [-0.3, -0.25) is 4.79 Å². The zero-order chi connectivity index (χ0) is 13.8. The van der Waals surface area contributed by atoms with Crippen molar-refractivity contribution in [2.45, 2.75) is 38.6 Å². The fourth-order valence-electron chi connectivity index (χ4n) is 2.61. The van der Waals surface area contributed by atoms with Crippen LogP contribution < -0.4 is 10.5 Å². The number of likely N-dealkylation sites (tertiary alicyclic amines) is 1. The second kappa shape index (κ2) is 5.95. The molecule has 0 saturated carbocycles. The maximum atomic E-state index is 12.6. The smallest absolute Gasteiger partial charge is 0.254 e. The van der Waals surface area contributed by atoms with Gasteiger partial charge in [-0.15, -0.1) is 0 Å². The summed E-state index contributed by atoms with van der Waals surface area (Å²) in [6.45, 7) is 2.95. The van der Waals surface area contributed by atoms with Gasteiger partial charge in [0.05, 0.1) is 7.11 Å². The van der Waals surface area contributed by atoms with E-state index in [4.69, 9.17) is 10.5 Å². The van der Waals surface area contributed by atoms with Crippen LogP contribution in [0.15, 0.2) is 18.2 Å². The molecule has 1 amide bonds. The van der Waals surface area contributed by atoms with Gasteiger partial charge in [0.15, 0.2) is 0 Å². The molecule has 0 bridgehead atoms. The largest absolute Gasteiger partial charge is 0.497 e. The molecule has 19 heavy (non-hydrogen) atoms. The van der Waals surface area contributed by atoms with Gasteiger partial charge < -0.3 is 15.4 Å². The van der Waals surface area contributed by atoms with E-state index in [0.717, 1.165) is 19.4 Å². The molecular weight excluding hydrogens is 240 g/mol. The predicted octanol–water partition coefficient (Wildman–Crippen LogP) is 2.68. The molecule has 1 aliphatic heterocycles. The van der Waals surface area contributed by atoms with Crippen molar-refractivity contribution in [3.63, 3.8) is 0 Å². The van der Waals surface area contributed by atoms with Crippen LogP contribution in [0.2, 0.25) is 0 Å². The SMILES string of the molecule is COc1cc(N)cc(C(=O)N2CCCCCC2C)c1. The maximum absolute atomic E-state index is 12.6. The van der Waals surface area contributed by atoms with Crippen molar-refractivity contribution < 1.29 is 9.53 Å². The third kappa shape index (κ3) is 3.19. The van der Waals surface area contributed by atoms with Crippen molar-refractivity contribution in [1.29, 1.82) is 0 Å². The number of methoxy groups -OCH3 is 1. The van der Waals surface area contributed by atoms with Crippen LogP contribution in [0.4, 0.5) is 5.69 Å². The molecule has 1 fully saturated rings. The van der Waals surface area contributed by atoms with E-state index < -0.39 is 0 Å². The summed E-state index contributed by atoms with van der Waals surface area (Å²) in [7, 11) is 1.58. The minimum absolute atomic E-state index is 0.0556. The quantitative estimate of drug-likeness (QED) is 0.834. The minimum Gasteiger partial charge on any atom is -0.497 e. The number of ether oxygens (including phenoxy) is 1. The van der Waals surface area contributed by atoms with Gasteiger partial charge >= 0.3 is 0 Å². The van der Waals surface area contributed by atoms with Gasteiger partial charge in [-0.1, -0.05) is 12.8 Å². The van der Waals surface area contributed by atoms with Crippen molar-refractivity contribution in [2.24, 2.45) is 0 Å². The van der Waals surface area contributed by atoms with Crippen LogP contribution in [-0.2, 0) is 0 Å². The molecule has 0 radical (unpaired) electrons. The van der Waals surface area contributed by atoms with Gasteiger partial charge in [-0.25, -0.2) is 0 Å². The van der Waals surface area contributed by atoms with Crippen molar-refractivity contribution in [2.75, 3.05) is 19.4 Å².